The van der Waals surface area contributed by atoms with Crippen LogP contribution in [0, 0.1) is 26.0 Å². The Balaban J connectivity index is 0.000000715. The molecule has 0 fully saturated rings. The zero-order chi connectivity index (χ0) is 43.0. The van der Waals surface area contributed by atoms with Crippen molar-refractivity contribution < 1.29 is 21.2 Å². The molecule has 0 spiro atoms. The molecule has 1 heterocycles. The van der Waals surface area contributed by atoms with E-state index in [1.54, 1.807) is 4.70 Å². The number of aryl methyl sites for hydroxylation is 4. The summed E-state index contributed by atoms with van der Waals surface area (Å²) in [5.41, 5.74) is 24.7. The van der Waals surface area contributed by atoms with Gasteiger partial charge in [0.15, 0.2) is 0 Å². The minimum absolute atomic E-state index is 0. The van der Waals surface area contributed by atoms with Crippen LogP contribution in [-0.4, -0.2) is 4.70 Å². The summed E-state index contributed by atoms with van der Waals surface area (Å²) >= 11 is 0. The standard InChI is InChI=1S/C44H68N2.2C7H7.Ni/c1-5-9-13-16-19-22-27-38-28-25-29-40(36-38)44-42(31-24-21-18-15-11-7-3)41(30-23-20-17-14-10-6-2)43(46(44)45)39-34-32-37(33-35-39)26-12-8-4;2*1-7-5-3-2-4-6-7;/h25,28-29,32-36H,5-24,26-27,30-31H2,1-4H3;2*3-6H,1H3;/q;2*-1;+2. The third-order valence-electron chi connectivity index (χ3n) is 11.8. The van der Waals surface area contributed by atoms with Gasteiger partial charge in [-0.25, -0.2) is 4.70 Å². The predicted molar refractivity (Wildman–Crippen MR) is 262 cm³/mol. The Morgan fingerprint density at radius 1 is 0.410 bits per heavy atom. The van der Waals surface area contributed by atoms with Gasteiger partial charge in [-0.15, -0.1) is 0 Å². The number of hydrogen-bond donors (Lipinski definition) is 0. The SMILES string of the molecule is CCCCCCCCC1=C(c2ccc(CCCC)cc2)[N+](=[N-])C(c2cccc(CCCCCCCC)c2)=C1CCCCCCCC.Cc1cc[c-]cc1.Cc1cc[c-]cc1.[Ni+2]. The number of nitrogens with zero attached hydrogens (tertiary/aromatic N) is 2. The molecule has 0 atom stereocenters. The average molecular weight is 866 g/mol. The Hall–Kier alpha value is -3.55. The molecule has 4 aromatic carbocycles. The van der Waals surface area contributed by atoms with Gasteiger partial charge in [-0.05, 0) is 86.8 Å². The smallest absolute Gasteiger partial charge is 0.493 e. The van der Waals surface area contributed by atoms with Crippen molar-refractivity contribution in [2.24, 2.45) is 0 Å². The van der Waals surface area contributed by atoms with Gasteiger partial charge in [0.05, 0.1) is 0 Å². The molecule has 0 aliphatic carbocycles. The van der Waals surface area contributed by atoms with Crippen molar-refractivity contribution in [3.05, 3.63) is 159 Å². The third kappa shape index (κ3) is 21.4. The van der Waals surface area contributed by atoms with Crippen molar-refractivity contribution in [1.29, 1.82) is 0 Å². The maximum atomic E-state index is 12.2. The molecule has 334 valence electrons. The van der Waals surface area contributed by atoms with Crippen molar-refractivity contribution in [2.45, 2.75) is 196 Å². The van der Waals surface area contributed by atoms with E-state index in [-0.39, 0.29) is 16.5 Å². The monoisotopic (exact) mass is 865 g/mol. The zero-order valence-electron chi connectivity index (χ0n) is 39.4. The molecule has 0 aromatic heterocycles. The molecular formula is C58H82N2Ni. The molecule has 0 radical (unpaired) electrons. The van der Waals surface area contributed by atoms with Crippen molar-refractivity contribution >= 4 is 11.4 Å². The van der Waals surface area contributed by atoms with Crippen LogP contribution in [0.25, 0.3) is 16.9 Å². The Kier molecular flexibility index (Phi) is 29.9. The maximum Gasteiger partial charge on any atom is 2.00 e. The molecular weight excluding hydrogens is 783 g/mol. The summed E-state index contributed by atoms with van der Waals surface area (Å²) in [7, 11) is 0. The molecule has 1 aliphatic rings. The number of hydrogen-bond acceptors (Lipinski definition) is 0. The summed E-state index contributed by atoms with van der Waals surface area (Å²) in [6.45, 7) is 13.3. The predicted octanol–water partition coefficient (Wildman–Crippen LogP) is 18.2. The van der Waals surface area contributed by atoms with E-state index in [1.807, 2.05) is 48.5 Å². The molecule has 0 amide bonds. The van der Waals surface area contributed by atoms with E-state index in [0.717, 1.165) is 42.6 Å². The Bertz CT molecular complexity index is 1730. The summed E-state index contributed by atoms with van der Waals surface area (Å²) < 4.78 is 1.60. The van der Waals surface area contributed by atoms with E-state index in [9.17, 15) is 5.53 Å². The Morgan fingerprint density at radius 2 is 0.803 bits per heavy atom. The number of rotatable bonds is 26. The first-order chi connectivity index (χ1) is 29.4. The number of allylic oxidation sites excluding steroid dienone is 2. The van der Waals surface area contributed by atoms with Crippen molar-refractivity contribution in [3.8, 4) is 0 Å². The summed E-state index contributed by atoms with van der Waals surface area (Å²) in [5.74, 6) is 0. The van der Waals surface area contributed by atoms with Crippen LogP contribution in [0.4, 0.5) is 0 Å². The van der Waals surface area contributed by atoms with Gasteiger partial charge in [-0.3, -0.25) is 0 Å². The topological polar surface area (TPSA) is 25.3 Å². The van der Waals surface area contributed by atoms with E-state index in [0.29, 0.717) is 0 Å². The van der Waals surface area contributed by atoms with E-state index in [4.69, 9.17) is 0 Å². The van der Waals surface area contributed by atoms with Crippen LogP contribution in [0.15, 0.2) is 108 Å². The van der Waals surface area contributed by atoms with Gasteiger partial charge in [-0.2, -0.15) is 71.8 Å². The van der Waals surface area contributed by atoms with E-state index >= 15 is 0 Å². The molecule has 0 saturated heterocycles. The van der Waals surface area contributed by atoms with E-state index < -0.39 is 0 Å². The van der Waals surface area contributed by atoms with Crippen LogP contribution < -0.4 is 0 Å². The minimum atomic E-state index is 0. The van der Waals surface area contributed by atoms with Gasteiger partial charge >= 0.3 is 16.5 Å². The molecule has 5 rings (SSSR count). The van der Waals surface area contributed by atoms with Crippen LogP contribution in [0.1, 0.15) is 202 Å². The second-order valence-corrected chi connectivity index (χ2v) is 17.2. The van der Waals surface area contributed by atoms with Gasteiger partial charge in [0, 0.05) is 22.3 Å². The number of benzene rings is 4. The van der Waals surface area contributed by atoms with E-state index in [1.165, 1.54) is 167 Å². The Morgan fingerprint density at radius 3 is 1.23 bits per heavy atom. The summed E-state index contributed by atoms with van der Waals surface area (Å²) in [4.78, 5) is 0. The second-order valence-electron chi connectivity index (χ2n) is 17.2. The molecule has 61 heavy (non-hydrogen) atoms. The van der Waals surface area contributed by atoms with Crippen LogP contribution in [-0.2, 0) is 29.3 Å². The fourth-order valence-electron chi connectivity index (χ4n) is 8.08. The minimum Gasteiger partial charge on any atom is -0.493 e. The summed E-state index contributed by atoms with van der Waals surface area (Å²) in [5, 5.41) is 0. The van der Waals surface area contributed by atoms with Crippen LogP contribution >= 0.6 is 0 Å². The first-order valence-electron chi connectivity index (χ1n) is 24.4. The second kappa shape index (κ2) is 34.0. The zero-order valence-corrected chi connectivity index (χ0v) is 40.4. The van der Waals surface area contributed by atoms with E-state index in [2.05, 4.69) is 102 Å². The number of unbranched alkanes of at least 4 members (excludes halogenated alkanes) is 16. The van der Waals surface area contributed by atoms with Crippen molar-refractivity contribution in [3.63, 3.8) is 0 Å². The first-order valence-corrected chi connectivity index (χ1v) is 24.4. The first kappa shape index (κ1) is 53.6. The Labute approximate surface area is 385 Å². The quantitative estimate of drug-likeness (QED) is 0.0260. The summed E-state index contributed by atoms with van der Waals surface area (Å²) in [6, 6.07) is 39.9. The molecule has 0 unspecified atom stereocenters. The average Bonchev–Trinajstić information content (AvgIpc) is 3.55. The van der Waals surface area contributed by atoms with Gasteiger partial charge in [0.25, 0.3) is 0 Å². The normalized spacial score (nSPS) is 12.1. The van der Waals surface area contributed by atoms with Gasteiger partial charge < -0.3 is 5.53 Å². The largest absolute Gasteiger partial charge is 2.00 e. The molecule has 0 bridgehead atoms. The van der Waals surface area contributed by atoms with Gasteiger partial charge in [0.1, 0.15) is 0 Å². The molecule has 3 heteroatoms. The van der Waals surface area contributed by atoms with Crippen LogP contribution in [0.5, 0.6) is 0 Å². The fraction of sp³-hybridized carbons (Fsp3) is 0.517. The van der Waals surface area contributed by atoms with Crippen molar-refractivity contribution in [2.75, 3.05) is 0 Å². The van der Waals surface area contributed by atoms with Gasteiger partial charge in [0.2, 0.25) is 11.4 Å². The summed E-state index contributed by atoms with van der Waals surface area (Å²) in [6.07, 6.45) is 30.2. The third-order valence-corrected chi connectivity index (χ3v) is 11.8. The van der Waals surface area contributed by atoms with Crippen LogP contribution in [0.3, 0.4) is 0 Å². The fourth-order valence-corrected chi connectivity index (χ4v) is 8.08. The van der Waals surface area contributed by atoms with Crippen molar-refractivity contribution in [1.82, 2.24) is 0 Å². The van der Waals surface area contributed by atoms with Crippen LogP contribution in [0.2, 0.25) is 0 Å². The van der Waals surface area contributed by atoms with Gasteiger partial charge in [-0.1, -0.05) is 169 Å². The molecule has 4 aromatic rings. The molecule has 0 N–H and O–H groups in total. The molecule has 1 aliphatic heterocycles. The maximum absolute atomic E-state index is 12.2. The molecule has 2 nitrogen and oxygen atoms in total. The molecule has 0 saturated carbocycles.